The lowest BCUT2D eigenvalue weighted by Gasteiger charge is -2.27. The minimum atomic E-state index is -0.0891. The van der Waals surface area contributed by atoms with Crippen LogP contribution in [0.4, 0.5) is 0 Å². The van der Waals surface area contributed by atoms with Crippen LogP contribution in [0.5, 0.6) is 0 Å². The highest BCUT2D eigenvalue weighted by Gasteiger charge is 2.28. The van der Waals surface area contributed by atoms with Gasteiger partial charge >= 0.3 is 0 Å². The first-order valence-electron chi connectivity index (χ1n) is 6.48. The zero-order chi connectivity index (χ0) is 13.1. The summed E-state index contributed by atoms with van der Waals surface area (Å²) >= 11 is 3.91. The molecule has 1 heteroatoms. The number of alkyl halides is 1. The van der Waals surface area contributed by atoms with E-state index in [1.807, 2.05) is 0 Å². The van der Waals surface area contributed by atoms with Gasteiger partial charge < -0.3 is 0 Å². The summed E-state index contributed by atoms with van der Waals surface area (Å²) in [4.78, 5) is 0. The molecule has 0 saturated carbocycles. The van der Waals surface area contributed by atoms with Gasteiger partial charge in [-0.25, -0.2) is 0 Å². The van der Waals surface area contributed by atoms with Crippen LogP contribution in [0.2, 0.25) is 0 Å². The lowest BCUT2D eigenvalue weighted by molar-refractivity contribution is 0.799. The van der Waals surface area contributed by atoms with Crippen molar-refractivity contribution in [2.75, 3.05) is 0 Å². The van der Waals surface area contributed by atoms with E-state index in [0.29, 0.717) is 0 Å². The summed E-state index contributed by atoms with van der Waals surface area (Å²) in [7, 11) is 0. The Kier molecular flexibility index (Phi) is 3.39. The Morgan fingerprint density at radius 3 is 2.32 bits per heavy atom. The molecule has 0 aliphatic heterocycles. The summed E-state index contributed by atoms with van der Waals surface area (Å²) in [6, 6.07) is 19.2. The molecular weight excluding hydrogens is 296 g/mol. The van der Waals surface area contributed by atoms with Gasteiger partial charge in [-0.3, -0.25) is 0 Å². The molecule has 2 aromatic rings. The minimum Gasteiger partial charge on any atom is -0.0825 e. The lowest BCUT2D eigenvalue weighted by Crippen LogP contribution is -2.16. The Morgan fingerprint density at radius 2 is 1.58 bits per heavy atom. The Morgan fingerprint density at radius 1 is 0.842 bits per heavy atom. The van der Waals surface area contributed by atoms with Gasteiger partial charge in [-0.1, -0.05) is 94.8 Å². The van der Waals surface area contributed by atoms with Crippen molar-refractivity contribution >= 4 is 15.9 Å². The Bertz CT molecular complexity index is 625. The van der Waals surface area contributed by atoms with E-state index >= 15 is 0 Å². The van der Waals surface area contributed by atoms with Crippen molar-refractivity contribution in [1.29, 1.82) is 0 Å². The molecule has 1 atom stereocenters. The third-order valence-corrected chi connectivity index (χ3v) is 4.50. The van der Waals surface area contributed by atoms with Crippen molar-refractivity contribution in [3.63, 3.8) is 0 Å². The summed E-state index contributed by atoms with van der Waals surface area (Å²) in [6.07, 6.45) is 9.63. The van der Waals surface area contributed by atoms with Gasteiger partial charge in [0.15, 0.2) is 0 Å². The fraction of sp³-hybridized carbons (Fsp3) is 0.111. The fourth-order valence-corrected chi connectivity index (χ4v) is 3.19. The van der Waals surface area contributed by atoms with E-state index in [1.165, 1.54) is 16.7 Å². The molecule has 1 aliphatic rings. The molecule has 94 valence electrons. The average molecular weight is 311 g/mol. The summed E-state index contributed by atoms with van der Waals surface area (Å²) in [5, 5.41) is 0. The maximum atomic E-state index is 3.91. The highest BCUT2D eigenvalue weighted by molar-refractivity contribution is 9.09. The molecular formula is C18H15Br. The van der Waals surface area contributed by atoms with E-state index in [9.17, 15) is 0 Å². The van der Waals surface area contributed by atoms with Gasteiger partial charge in [0, 0.05) is 0 Å². The van der Waals surface area contributed by atoms with Crippen molar-refractivity contribution in [2.45, 2.75) is 10.7 Å². The van der Waals surface area contributed by atoms with Crippen LogP contribution in [-0.2, 0) is 4.32 Å². The quantitative estimate of drug-likeness (QED) is 0.646. The minimum absolute atomic E-state index is 0.0891. The van der Waals surface area contributed by atoms with Crippen LogP contribution in [0.15, 0.2) is 78.9 Å². The zero-order valence-electron chi connectivity index (χ0n) is 10.6. The van der Waals surface area contributed by atoms with E-state index in [4.69, 9.17) is 0 Å². The summed E-state index contributed by atoms with van der Waals surface area (Å²) in [5.74, 6) is 0. The van der Waals surface area contributed by atoms with Gasteiger partial charge in [0.25, 0.3) is 0 Å². The third-order valence-electron chi connectivity index (χ3n) is 3.48. The molecule has 0 amide bonds. The molecule has 0 nitrogen and oxygen atoms in total. The fourth-order valence-electron chi connectivity index (χ4n) is 2.51. The Labute approximate surface area is 122 Å². The van der Waals surface area contributed by atoms with Crippen molar-refractivity contribution in [3.05, 3.63) is 84.5 Å². The summed E-state index contributed by atoms with van der Waals surface area (Å²) < 4.78 is -0.0891. The molecule has 0 saturated heterocycles. The maximum absolute atomic E-state index is 3.91. The largest absolute Gasteiger partial charge is 0.0825 e. The second kappa shape index (κ2) is 5.18. The number of hydrogen-bond acceptors (Lipinski definition) is 0. The van der Waals surface area contributed by atoms with Gasteiger partial charge in [-0.15, -0.1) is 0 Å². The highest BCUT2D eigenvalue weighted by Crippen LogP contribution is 2.43. The van der Waals surface area contributed by atoms with Crippen LogP contribution in [0.25, 0.3) is 11.1 Å². The first kappa shape index (κ1) is 12.4. The van der Waals surface area contributed by atoms with E-state index in [2.05, 4.69) is 94.8 Å². The molecule has 19 heavy (non-hydrogen) atoms. The van der Waals surface area contributed by atoms with Crippen molar-refractivity contribution in [1.82, 2.24) is 0 Å². The number of rotatable bonds is 2. The highest BCUT2D eigenvalue weighted by atomic mass is 79.9. The number of halogens is 1. The average Bonchev–Trinajstić information content (AvgIpc) is 2.49. The maximum Gasteiger partial charge on any atom is 0.0729 e. The van der Waals surface area contributed by atoms with Crippen LogP contribution >= 0.6 is 15.9 Å². The summed E-state index contributed by atoms with van der Waals surface area (Å²) in [6.45, 7) is 0. The molecule has 0 spiro atoms. The summed E-state index contributed by atoms with van der Waals surface area (Å²) in [5.41, 5.74) is 3.88. The van der Waals surface area contributed by atoms with Gasteiger partial charge in [0.05, 0.1) is 4.32 Å². The first-order chi connectivity index (χ1) is 9.30. The molecule has 0 fully saturated rings. The molecule has 1 aliphatic carbocycles. The van der Waals surface area contributed by atoms with Gasteiger partial charge in [-0.05, 0) is 23.1 Å². The molecule has 1 unspecified atom stereocenters. The van der Waals surface area contributed by atoms with Crippen LogP contribution in [-0.4, -0.2) is 0 Å². The lowest BCUT2D eigenvalue weighted by atomic mass is 9.86. The smallest absolute Gasteiger partial charge is 0.0729 e. The standard InChI is InChI=1S/C18H15Br/c19-18(13-7-2-8-14-18)17-12-6-5-11-16(17)15-9-3-1-4-10-15/h1-13H,14H2. The number of allylic oxidation sites excluding steroid dienone is 4. The van der Waals surface area contributed by atoms with Crippen LogP contribution in [0, 0.1) is 0 Å². The normalized spacial score (nSPS) is 21.5. The van der Waals surface area contributed by atoms with E-state index in [0.717, 1.165) is 6.42 Å². The second-order valence-electron chi connectivity index (χ2n) is 4.77. The predicted molar refractivity (Wildman–Crippen MR) is 85.4 cm³/mol. The molecule has 0 bridgehead atoms. The molecule has 0 heterocycles. The van der Waals surface area contributed by atoms with Crippen molar-refractivity contribution in [3.8, 4) is 11.1 Å². The number of benzene rings is 2. The predicted octanol–water partition coefficient (Wildman–Crippen LogP) is 5.46. The topological polar surface area (TPSA) is 0 Å². The van der Waals surface area contributed by atoms with Crippen molar-refractivity contribution in [2.24, 2.45) is 0 Å². The van der Waals surface area contributed by atoms with Crippen LogP contribution < -0.4 is 0 Å². The molecule has 3 rings (SSSR count). The van der Waals surface area contributed by atoms with Gasteiger partial charge in [0.1, 0.15) is 0 Å². The molecule has 0 radical (unpaired) electrons. The van der Waals surface area contributed by atoms with Crippen molar-refractivity contribution < 1.29 is 0 Å². The van der Waals surface area contributed by atoms with E-state index < -0.39 is 0 Å². The zero-order valence-corrected chi connectivity index (χ0v) is 12.2. The molecule has 2 aromatic carbocycles. The van der Waals surface area contributed by atoms with Gasteiger partial charge in [-0.2, -0.15) is 0 Å². The second-order valence-corrected chi connectivity index (χ2v) is 6.18. The van der Waals surface area contributed by atoms with E-state index in [1.54, 1.807) is 0 Å². The molecule has 0 N–H and O–H groups in total. The monoisotopic (exact) mass is 310 g/mol. The first-order valence-corrected chi connectivity index (χ1v) is 7.27. The SMILES string of the molecule is BrC1(c2ccccc2-c2ccccc2)C=CC=CC1. The third kappa shape index (κ3) is 2.43. The van der Waals surface area contributed by atoms with E-state index in [-0.39, 0.29) is 4.32 Å². The Balaban J connectivity index is 2.13. The van der Waals surface area contributed by atoms with Gasteiger partial charge in [0.2, 0.25) is 0 Å². The Hall–Kier alpha value is -1.60. The molecule has 0 aromatic heterocycles. The van der Waals surface area contributed by atoms with Crippen LogP contribution in [0.1, 0.15) is 12.0 Å². The van der Waals surface area contributed by atoms with Crippen LogP contribution in [0.3, 0.4) is 0 Å². The number of hydrogen-bond donors (Lipinski definition) is 0.